The van der Waals surface area contributed by atoms with Gasteiger partial charge in [0.1, 0.15) is 6.04 Å². The summed E-state index contributed by atoms with van der Waals surface area (Å²) in [6.45, 7) is 9.50. The van der Waals surface area contributed by atoms with Crippen LogP contribution in [0.4, 0.5) is 0 Å². The first kappa shape index (κ1) is 16.3. The summed E-state index contributed by atoms with van der Waals surface area (Å²) in [7, 11) is 1.43. The summed E-state index contributed by atoms with van der Waals surface area (Å²) < 4.78 is 4.85. The number of hydrogen-bond donors (Lipinski definition) is 1. The van der Waals surface area contributed by atoms with Crippen LogP contribution < -0.4 is 5.32 Å². The minimum atomic E-state index is -0.283. The maximum absolute atomic E-state index is 11.7. The Labute approximate surface area is 120 Å². The fourth-order valence-electron chi connectivity index (χ4n) is 2.12. The first-order valence-corrected chi connectivity index (χ1v) is 7.85. The van der Waals surface area contributed by atoms with Gasteiger partial charge in [0.2, 0.25) is 0 Å². The summed E-state index contributed by atoms with van der Waals surface area (Å²) in [5, 5.41) is 4.67. The normalized spacial score (nSPS) is 20.6. The molecule has 2 atom stereocenters. The number of carbonyl (C=O) groups excluding carboxylic acids is 1. The molecular weight excluding hydrogens is 260 g/mol. The number of esters is 1. The third-order valence-corrected chi connectivity index (χ3v) is 4.09. The lowest BCUT2D eigenvalue weighted by atomic mass is 10.0. The average Bonchev–Trinajstić information content (AvgIpc) is 2.73. The molecule has 110 valence electrons. The number of ether oxygens (including phenoxy) is 1. The molecule has 1 N–H and O–H groups in total. The Kier molecular flexibility index (Phi) is 6.69. The molecule has 1 aliphatic rings. The molecule has 0 saturated carbocycles. The number of rotatable bonds is 6. The van der Waals surface area contributed by atoms with Gasteiger partial charge in [-0.1, -0.05) is 39.5 Å². The molecule has 0 amide bonds. The van der Waals surface area contributed by atoms with E-state index in [9.17, 15) is 4.79 Å². The van der Waals surface area contributed by atoms with Crippen molar-refractivity contribution < 1.29 is 9.53 Å². The fourth-order valence-corrected chi connectivity index (χ4v) is 3.43. The lowest BCUT2D eigenvalue weighted by Crippen LogP contribution is -2.41. The van der Waals surface area contributed by atoms with E-state index in [0.717, 1.165) is 24.6 Å². The molecule has 0 aromatic heterocycles. The van der Waals surface area contributed by atoms with E-state index >= 15 is 0 Å². The van der Waals surface area contributed by atoms with E-state index in [1.165, 1.54) is 7.11 Å². The topological polar surface area (TPSA) is 50.7 Å². The van der Waals surface area contributed by atoms with E-state index in [2.05, 4.69) is 38.0 Å². The highest BCUT2D eigenvalue weighted by Gasteiger charge is 2.26. The molecule has 4 nitrogen and oxygen atoms in total. The number of nitrogens with zero attached hydrogens (tertiary/aromatic N) is 1. The molecule has 0 aromatic carbocycles. The van der Waals surface area contributed by atoms with Crippen LogP contribution in [0, 0.1) is 11.8 Å². The Hall–Kier alpha value is -0.710. The molecule has 0 saturated heterocycles. The van der Waals surface area contributed by atoms with Gasteiger partial charge in [0.05, 0.1) is 13.7 Å². The lowest BCUT2D eigenvalue weighted by Gasteiger charge is -2.19. The molecule has 0 fully saturated rings. The Morgan fingerprint density at radius 3 is 2.63 bits per heavy atom. The Morgan fingerprint density at radius 1 is 1.42 bits per heavy atom. The molecule has 1 aliphatic heterocycles. The second kappa shape index (κ2) is 7.78. The van der Waals surface area contributed by atoms with Crippen molar-refractivity contribution in [1.29, 1.82) is 0 Å². The summed E-state index contributed by atoms with van der Waals surface area (Å²) >= 11 is 1.75. The first-order valence-electron chi connectivity index (χ1n) is 6.97. The van der Waals surface area contributed by atoms with Crippen LogP contribution in [-0.4, -0.2) is 36.1 Å². The van der Waals surface area contributed by atoms with Gasteiger partial charge in [-0.3, -0.25) is 4.99 Å². The minimum absolute atomic E-state index is 0.204. The van der Waals surface area contributed by atoms with Crippen LogP contribution in [0.2, 0.25) is 0 Å². The summed E-state index contributed by atoms with van der Waals surface area (Å²) in [6, 6.07) is -0.283. The zero-order chi connectivity index (χ0) is 14.4. The number of amidine groups is 1. The maximum Gasteiger partial charge on any atom is 0.328 e. The SMILES string of the molecule is COC(=O)C(CC(C)C)NC1=NCC(CC(C)C)S1. The van der Waals surface area contributed by atoms with Crippen LogP contribution in [0.15, 0.2) is 4.99 Å². The summed E-state index contributed by atoms with van der Waals surface area (Å²) in [6.07, 6.45) is 1.92. The monoisotopic (exact) mass is 286 g/mol. The number of aliphatic imine (C=N–C) groups is 1. The minimum Gasteiger partial charge on any atom is -0.467 e. The Balaban J connectivity index is 2.49. The van der Waals surface area contributed by atoms with Crippen molar-refractivity contribution >= 4 is 22.9 Å². The van der Waals surface area contributed by atoms with Crippen molar-refractivity contribution in [3.8, 4) is 0 Å². The van der Waals surface area contributed by atoms with Gasteiger partial charge in [0.25, 0.3) is 0 Å². The van der Waals surface area contributed by atoms with Gasteiger partial charge < -0.3 is 10.1 Å². The molecular formula is C14H26N2O2S. The Bertz CT molecular complexity index is 329. The van der Waals surface area contributed by atoms with Crippen LogP contribution in [0.1, 0.15) is 40.5 Å². The highest BCUT2D eigenvalue weighted by atomic mass is 32.2. The highest BCUT2D eigenvalue weighted by Crippen LogP contribution is 2.26. The predicted octanol–water partition coefficient (Wildman–Crippen LogP) is 2.68. The Morgan fingerprint density at radius 2 is 2.11 bits per heavy atom. The van der Waals surface area contributed by atoms with Crippen molar-refractivity contribution in [3.63, 3.8) is 0 Å². The number of methoxy groups -OCH3 is 1. The number of nitrogens with one attached hydrogen (secondary N) is 1. The molecule has 5 heteroatoms. The number of thioether (sulfide) groups is 1. The third-order valence-electron chi connectivity index (χ3n) is 2.94. The fraction of sp³-hybridized carbons (Fsp3) is 0.857. The van der Waals surface area contributed by atoms with Gasteiger partial charge in [-0.05, 0) is 24.7 Å². The van der Waals surface area contributed by atoms with E-state index in [0.29, 0.717) is 17.1 Å². The molecule has 0 aromatic rings. The molecule has 0 aliphatic carbocycles. The van der Waals surface area contributed by atoms with Crippen LogP contribution in [-0.2, 0) is 9.53 Å². The van der Waals surface area contributed by atoms with Gasteiger partial charge >= 0.3 is 5.97 Å². The van der Waals surface area contributed by atoms with Crippen molar-refractivity contribution in [2.45, 2.75) is 51.8 Å². The quantitative estimate of drug-likeness (QED) is 0.763. The van der Waals surface area contributed by atoms with Crippen LogP contribution in [0.5, 0.6) is 0 Å². The van der Waals surface area contributed by atoms with Crippen molar-refractivity contribution in [3.05, 3.63) is 0 Å². The van der Waals surface area contributed by atoms with E-state index in [1.807, 2.05) is 0 Å². The van der Waals surface area contributed by atoms with E-state index in [4.69, 9.17) is 4.74 Å². The number of carbonyl (C=O) groups is 1. The van der Waals surface area contributed by atoms with Gasteiger partial charge in [0.15, 0.2) is 5.17 Å². The summed E-state index contributed by atoms with van der Waals surface area (Å²) in [5.74, 6) is 0.915. The van der Waals surface area contributed by atoms with Crippen LogP contribution in [0.25, 0.3) is 0 Å². The first-order chi connectivity index (χ1) is 8.92. The van der Waals surface area contributed by atoms with Crippen LogP contribution >= 0.6 is 11.8 Å². The molecule has 0 spiro atoms. The molecule has 1 heterocycles. The van der Waals surface area contributed by atoms with Gasteiger partial charge in [0, 0.05) is 5.25 Å². The van der Waals surface area contributed by atoms with Gasteiger partial charge in [-0.15, -0.1) is 0 Å². The molecule has 1 rings (SSSR count). The zero-order valence-electron chi connectivity index (χ0n) is 12.6. The van der Waals surface area contributed by atoms with Crippen molar-refractivity contribution in [1.82, 2.24) is 5.32 Å². The second-order valence-corrected chi connectivity index (χ2v) is 7.15. The van der Waals surface area contributed by atoms with E-state index < -0.39 is 0 Å². The van der Waals surface area contributed by atoms with Crippen molar-refractivity contribution in [2.75, 3.05) is 13.7 Å². The largest absolute Gasteiger partial charge is 0.467 e. The number of hydrogen-bond acceptors (Lipinski definition) is 5. The highest BCUT2D eigenvalue weighted by molar-refractivity contribution is 8.14. The average molecular weight is 286 g/mol. The third kappa shape index (κ3) is 5.85. The van der Waals surface area contributed by atoms with Crippen molar-refractivity contribution in [2.24, 2.45) is 16.8 Å². The summed E-state index contributed by atoms with van der Waals surface area (Å²) in [4.78, 5) is 16.2. The zero-order valence-corrected chi connectivity index (χ0v) is 13.4. The van der Waals surface area contributed by atoms with Crippen LogP contribution in [0.3, 0.4) is 0 Å². The summed E-state index contributed by atoms with van der Waals surface area (Å²) in [5.41, 5.74) is 0. The smallest absolute Gasteiger partial charge is 0.328 e. The molecule has 19 heavy (non-hydrogen) atoms. The van der Waals surface area contributed by atoms with Gasteiger partial charge in [-0.25, -0.2) is 4.79 Å². The van der Waals surface area contributed by atoms with E-state index in [1.54, 1.807) is 11.8 Å². The predicted molar refractivity (Wildman–Crippen MR) is 81.5 cm³/mol. The standard InChI is InChI=1S/C14H26N2O2S/c1-9(2)6-11-8-15-14(19-11)16-12(7-10(3)4)13(17)18-5/h9-12H,6-8H2,1-5H3,(H,15,16). The maximum atomic E-state index is 11.7. The molecule has 2 unspecified atom stereocenters. The molecule has 0 radical (unpaired) electrons. The second-order valence-electron chi connectivity index (χ2n) is 5.86. The lowest BCUT2D eigenvalue weighted by molar-refractivity contribution is -0.143. The molecule has 0 bridgehead atoms. The van der Waals surface area contributed by atoms with E-state index in [-0.39, 0.29) is 12.0 Å². The van der Waals surface area contributed by atoms with Gasteiger partial charge in [-0.2, -0.15) is 0 Å².